The molecule has 2 aliphatic rings. The number of benzene rings is 1. The molecule has 1 saturated carbocycles. The van der Waals surface area contributed by atoms with E-state index in [-0.39, 0.29) is 12.2 Å². The number of hydrogen-bond acceptors (Lipinski definition) is 4. The number of hydrogen-bond donors (Lipinski definition) is 0. The zero-order valence-electron chi connectivity index (χ0n) is 14.8. The average molecular weight is 338 g/mol. The maximum atomic E-state index is 6.09. The molecule has 4 heteroatoms. The lowest BCUT2D eigenvalue weighted by atomic mass is 10.1. The van der Waals surface area contributed by atoms with E-state index in [2.05, 4.69) is 40.2 Å². The van der Waals surface area contributed by atoms with E-state index in [1.807, 2.05) is 18.3 Å². The van der Waals surface area contributed by atoms with Crippen molar-refractivity contribution in [3.8, 4) is 5.88 Å². The monoisotopic (exact) mass is 338 g/mol. The van der Waals surface area contributed by atoms with Crippen LogP contribution in [-0.4, -0.2) is 42.7 Å². The largest absolute Gasteiger partial charge is 0.473 e. The van der Waals surface area contributed by atoms with E-state index < -0.39 is 0 Å². The summed E-state index contributed by atoms with van der Waals surface area (Å²) in [5.41, 5.74) is 2.58. The van der Waals surface area contributed by atoms with Gasteiger partial charge in [0.2, 0.25) is 5.88 Å². The van der Waals surface area contributed by atoms with Gasteiger partial charge in [-0.15, -0.1) is 0 Å². The number of rotatable bonds is 7. The third kappa shape index (κ3) is 4.20. The van der Waals surface area contributed by atoms with Gasteiger partial charge in [-0.25, -0.2) is 4.98 Å². The Morgan fingerprint density at radius 1 is 1.12 bits per heavy atom. The van der Waals surface area contributed by atoms with Crippen molar-refractivity contribution in [1.29, 1.82) is 0 Å². The van der Waals surface area contributed by atoms with Crippen LogP contribution in [0.15, 0.2) is 48.7 Å². The minimum Gasteiger partial charge on any atom is -0.473 e. The second kappa shape index (κ2) is 7.54. The fraction of sp³-hybridized carbons (Fsp3) is 0.476. The number of ether oxygens (including phenoxy) is 2. The van der Waals surface area contributed by atoms with Gasteiger partial charge in [-0.2, -0.15) is 0 Å². The van der Waals surface area contributed by atoms with Gasteiger partial charge in [0.25, 0.3) is 0 Å². The molecule has 1 aliphatic carbocycles. The summed E-state index contributed by atoms with van der Waals surface area (Å²) in [6, 6.07) is 14.6. The highest BCUT2D eigenvalue weighted by Gasteiger charge is 2.27. The Bertz CT molecular complexity index is 670. The highest BCUT2D eigenvalue weighted by atomic mass is 16.5. The van der Waals surface area contributed by atoms with Gasteiger partial charge in [-0.3, -0.25) is 4.90 Å². The first-order chi connectivity index (χ1) is 12.3. The van der Waals surface area contributed by atoms with E-state index in [4.69, 9.17) is 9.47 Å². The van der Waals surface area contributed by atoms with Crippen molar-refractivity contribution < 1.29 is 9.47 Å². The molecule has 0 radical (unpaired) electrons. The van der Waals surface area contributed by atoms with Crippen molar-refractivity contribution in [2.24, 2.45) is 0 Å². The highest BCUT2D eigenvalue weighted by Crippen LogP contribution is 2.39. The van der Waals surface area contributed by atoms with Crippen molar-refractivity contribution in [1.82, 2.24) is 9.88 Å². The Morgan fingerprint density at radius 3 is 2.64 bits per heavy atom. The SMILES string of the molecule is COC(CN1CCC(Oc2ccc(C3CC3)cn2)C1)c1ccccc1. The molecule has 2 heterocycles. The van der Waals surface area contributed by atoms with E-state index >= 15 is 0 Å². The number of aromatic nitrogens is 1. The molecular weight excluding hydrogens is 312 g/mol. The van der Waals surface area contributed by atoms with Crippen LogP contribution in [0, 0.1) is 0 Å². The Labute approximate surface area is 149 Å². The molecule has 1 aliphatic heterocycles. The number of pyridine rings is 1. The molecule has 2 aromatic rings. The number of likely N-dealkylation sites (tertiary alicyclic amines) is 1. The first-order valence-electron chi connectivity index (χ1n) is 9.24. The van der Waals surface area contributed by atoms with Gasteiger partial charge in [0.1, 0.15) is 6.10 Å². The summed E-state index contributed by atoms with van der Waals surface area (Å²) in [7, 11) is 1.78. The molecule has 2 unspecified atom stereocenters. The molecule has 1 saturated heterocycles. The minimum atomic E-state index is 0.107. The van der Waals surface area contributed by atoms with Gasteiger partial charge in [0, 0.05) is 39.0 Å². The molecule has 0 spiro atoms. The first kappa shape index (κ1) is 16.6. The summed E-state index contributed by atoms with van der Waals surface area (Å²) in [5.74, 6) is 1.50. The molecule has 0 bridgehead atoms. The molecular formula is C21H26N2O2. The molecule has 0 amide bonds. The Kier molecular flexibility index (Phi) is 4.99. The first-order valence-corrected chi connectivity index (χ1v) is 9.24. The zero-order valence-corrected chi connectivity index (χ0v) is 14.8. The van der Waals surface area contributed by atoms with Gasteiger partial charge in [0.05, 0.1) is 6.10 Å². The summed E-state index contributed by atoms with van der Waals surface area (Å²) in [6.45, 7) is 2.87. The normalized spacial score (nSPS) is 22.0. The van der Waals surface area contributed by atoms with Crippen LogP contribution in [0.25, 0.3) is 0 Å². The van der Waals surface area contributed by atoms with E-state index in [0.717, 1.165) is 37.9 Å². The average Bonchev–Trinajstić information content (AvgIpc) is 3.42. The van der Waals surface area contributed by atoms with E-state index in [9.17, 15) is 0 Å². The van der Waals surface area contributed by atoms with Crippen LogP contribution in [0.4, 0.5) is 0 Å². The maximum absolute atomic E-state index is 6.09. The number of nitrogens with zero attached hydrogens (tertiary/aromatic N) is 2. The van der Waals surface area contributed by atoms with Gasteiger partial charge in [0.15, 0.2) is 0 Å². The van der Waals surface area contributed by atoms with Gasteiger partial charge >= 0.3 is 0 Å². The predicted molar refractivity (Wildman–Crippen MR) is 97.9 cm³/mol. The van der Waals surface area contributed by atoms with Crippen LogP contribution in [0.3, 0.4) is 0 Å². The molecule has 1 aromatic carbocycles. The lowest BCUT2D eigenvalue weighted by Crippen LogP contribution is -2.29. The Balaban J connectivity index is 1.30. The molecule has 25 heavy (non-hydrogen) atoms. The molecule has 4 rings (SSSR count). The van der Waals surface area contributed by atoms with Crippen LogP contribution in [0.1, 0.15) is 42.4 Å². The van der Waals surface area contributed by atoms with Crippen molar-refractivity contribution in [2.45, 2.75) is 37.4 Å². The maximum Gasteiger partial charge on any atom is 0.213 e. The van der Waals surface area contributed by atoms with Gasteiger partial charge in [-0.05, 0) is 36.3 Å². The summed E-state index contributed by atoms with van der Waals surface area (Å²) < 4.78 is 11.8. The van der Waals surface area contributed by atoms with Crippen LogP contribution >= 0.6 is 0 Å². The van der Waals surface area contributed by atoms with Crippen LogP contribution in [0.5, 0.6) is 5.88 Å². The summed E-state index contributed by atoms with van der Waals surface area (Å²) in [4.78, 5) is 6.91. The summed E-state index contributed by atoms with van der Waals surface area (Å²) in [6.07, 6.45) is 5.96. The Morgan fingerprint density at radius 2 is 1.96 bits per heavy atom. The lowest BCUT2D eigenvalue weighted by Gasteiger charge is -2.23. The van der Waals surface area contributed by atoms with E-state index in [0.29, 0.717) is 0 Å². The second-order valence-electron chi connectivity index (χ2n) is 7.13. The molecule has 132 valence electrons. The van der Waals surface area contributed by atoms with Crippen LogP contribution in [0.2, 0.25) is 0 Å². The van der Waals surface area contributed by atoms with Gasteiger partial charge < -0.3 is 9.47 Å². The molecule has 1 aromatic heterocycles. The smallest absolute Gasteiger partial charge is 0.213 e. The molecule has 4 nitrogen and oxygen atoms in total. The van der Waals surface area contributed by atoms with E-state index in [1.54, 1.807) is 7.11 Å². The third-order valence-electron chi connectivity index (χ3n) is 5.20. The lowest BCUT2D eigenvalue weighted by molar-refractivity contribution is 0.0671. The third-order valence-corrected chi connectivity index (χ3v) is 5.20. The highest BCUT2D eigenvalue weighted by molar-refractivity contribution is 5.24. The van der Waals surface area contributed by atoms with Crippen molar-refractivity contribution in [3.05, 3.63) is 59.8 Å². The fourth-order valence-electron chi connectivity index (χ4n) is 3.57. The topological polar surface area (TPSA) is 34.6 Å². The second-order valence-corrected chi connectivity index (χ2v) is 7.13. The van der Waals surface area contributed by atoms with E-state index in [1.165, 1.54) is 24.0 Å². The van der Waals surface area contributed by atoms with Gasteiger partial charge in [-0.1, -0.05) is 36.4 Å². The number of methoxy groups -OCH3 is 1. The summed E-state index contributed by atoms with van der Waals surface area (Å²) in [5, 5.41) is 0. The standard InChI is InChI=1S/C21H26N2O2/c1-24-20(17-5-3-2-4-6-17)15-23-12-11-19(14-23)25-21-10-9-18(13-22-21)16-7-8-16/h2-6,9-10,13,16,19-20H,7-8,11-12,14-15H2,1H3. The van der Waals surface area contributed by atoms with Crippen molar-refractivity contribution in [3.63, 3.8) is 0 Å². The Hall–Kier alpha value is -1.91. The quantitative estimate of drug-likeness (QED) is 0.769. The minimum absolute atomic E-state index is 0.107. The zero-order chi connectivity index (χ0) is 17.1. The van der Waals surface area contributed by atoms with Crippen molar-refractivity contribution >= 4 is 0 Å². The van der Waals surface area contributed by atoms with Crippen LogP contribution in [-0.2, 0) is 4.74 Å². The molecule has 0 N–H and O–H groups in total. The van der Waals surface area contributed by atoms with Crippen molar-refractivity contribution in [2.75, 3.05) is 26.7 Å². The van der Waals surface area contributed by atoms with Crippen LogP contribution < -0.4 is 4.74 Å². The summed E-state index contributed by atoms with van der Waals surface area (Å²) >= 11 is 0. The molecule has 2 atom stereocenters. The predicted octanol–water partition coefficient (Wildman–Crippen LogP) is 3.80. The fourth-order valence-corrected chi connectivity index (χ4v) is 3.57. The molecule has 2 fully saturated rings.